The zero-order chi connectivity index (χ0) is 14.0. The monoisotopic (exact) mass is 258 g/mol. The molecule has 18 heavy (non-hydrogen) atoms. The van der Waals surface area contributed by atoms with Gasteiger partial charge < -0.3 is 15.7 Å². The minimum atomic E-state index is -0.145. The Balaban J connectivity index is 3.68. The second-order valence-corrected chi connectivity index (χ2v) is 5.54. The molecule has 0 radical (unpaired) electrons. The van der Waals surface area contributed by atoms with Crippen molar-refractivity contribution in [1.29, 1.82) is 0 Å². The topological polar surface area (TPSA) is 61.4 Å². The van der Waals surface area contributed by atoms with Gasteiger partial charge in [0.2, 0.25) is 5.91 Å². The molecule has 0 aliphatic rings. The normalized spacial score (nSPS) is 13.4. The van der Waals surface area contributed by atoms with Crippen LogP contribution in [0.1, 0.15) is 59.8 Å². The largest absolute Gasteiger partial charge is 0.396 e. The molecule has 0 fully saturated rings. The van der Waals surface area contributed by atoms with Crippen molar-refractivity contribution in [1.82, 2.24) is 10.6 Å². The number of carbonyl (C=O) groups excluding carboxylic acids is 1. The molecule has 4 heteroatoms. The van der Waals surface area contributed by atoms with Gasteiger partial charge in [-0.15, -0.1) is 0 Å². The first-order chi connectivity index (χ1) is 8.43. The summed E-state index contributed by atoms with van der Waals surface area (Å²) in [7, 11) is 0. The van der Waals surface area contributed by atoms with Crippen LogP contribution in [-0.2, 0) is 4.79 Å². The Labute approximate surface area is 112 Å². The zero-order valence-electron chi connectivity index (χ0n) is 12.4. The highest BCUT2D eigenvalue weighted by Crippen LogP contribution is 2.07. The Morgan fingerprint density at radius 2 is 1.83 bits per heavy atom. The summed E-state index contributed by atoms with van der Waals surface area (Å²) >= 11 is 0. The van der Waals surface area contributed by atoms with E-state index in [0.29, 0.717) is 0 Å². The minimum absolute atomic E-state index is 0.0669. The van der Waals surface area contributed by atoms with E-state index >= 15 is 0 Å². The number of unbranched alkanes of at least 4 members (excludes halogenated alkanes) is 3. The maximum atomic E-state index is 11.9. The first kappa shape index (κ1) is 17.4. The van der Waals surface area contributed by atoms with Gasteiger partial charge in [0, 0.05) is 12.1 Å². The van der Waals surface area contributed by atoms with E-state index in [9.17, 15) is 4.79 Å². The molecule has 108 valence electrons. The van der Waals surface area contributed by atoms with E-state index in [4.69, 9.17) is 5.11 Å². The van der Waals surface area contributed by atoms with E-state index in [1.807, 2.05) is 20.8 Å². The summed E-state index contributed by atoms with van der Waals surface area (Å²) in [6.45, 7) is 9.16. The van der Waals surface area contributed by atoms with Gasteiger partial charge >= 0.3 is 0 Å². The molecule has 0 spiro atoms. The number of hydrogen-bond acceptors (Lipinski definition) is 3. The second-order valence-electron chi connectivity index (χ2n) is 5.54. The van der Waals surface area contributed by atoms with Gasteiger partial charge in [-0.1, -0.05) is 19.8 Å². The van der Waals surface area contributed by atoms with Crippen LogP contribution >= 0.6 is 0 Å². The standard InChI is InChI=1S/C14H30N2O2/c1-5-14(3,4)16-13(18)12(2)15-10-8-6-7-9-11-17/h12,15,17H,5-11H2,1-4H3,(H,16,18). The molecule has 0 aromatic carbocycles. The van der Waals surface area contributed by atoms with Gasteiger partial charge in [0.25, 0.3) is 0 Å². The molecule has 1 unspecified atom stereocenters. The van der Waals surface area contributed by atoms with E-state index in [2.05, 4.69) is 17.6 Å². The predicted molar refractivity (Wildman–Crippen MR) is 75.5 cm³/mol. The average molecular weight is 258 g/mol. The molecule has 0 aliphatic carbocycles. The fraction of sp³-hybridized carbons (Fsp3) is 0.929. The molecule has 1 amide bonds. The Morgan fingerprint density at radius 1 is 1.22 bits per heavy atom. The Morgan fingerprint density at radius 3 is 2.39 bits per heavy atom. The third kappa shape index (κ3) is 8.48. The van der Waals surface area contributed by atoms with Crippen LogP contribution in [0.15, 0.2) is 0 Å². The fourth-order valence-electron chi connectivity index (χ4n) is 1.53. The van der Waals surface area contributed by atoms with Crippen molar-refractivity contribution in [2.24, 2.45) is 0 Å². The molecule has 0 bridgehead atoms. The van der Waals surface area contributed by atoms with Crippen LogP contribution in [0.3, 0.4) is 0 Å². The molecular weight excluding hydrogens is 228 g/mol. The van der Waals surface area contributed by atoms with Crippen molar-refractivity contribution in [2.75, 3.05) is 13.2 Å². The molecule has 1 atom stereocenters. The second kappa shape index (κ2) is 9.34. The Kier molecular flexibility index (Phi) is 9.02. The van der Waals surface area contributed by atoms with E-state index in [-0.39, 0.29) is 24.1 Å². The summed E-state index contributed by atoms with van der Waals surface area (Å²) in [4.78, 5) is 11.9. The van der Waals surface area contributed by atoms with Crippen LogP contribution in [0.5, 0.6) is 0 Å². The van der Waals surface area contributed by atoms with Crippen molar-refractivity contribution in [3.05, 3.63) is 0 Å². The van der Waals surface area contributed by atoms with E-state index in [1.54, 1.807) is 0 Å². The van der Waals surface area contributed by atoms with Gasteiger partial charge in [0.15, 0.2) is 0 Å². The number of amides is 1. The summed E-state index contributed by atoms with van der Waals surface area (Å²) in [5.74, 6) is 0.0669. The molecule has 4 nitrogen and oxygen atoms in total. The maximum absolute atomic E-state index is 11.9. The molecule has 0 saturated heterocycles. The van der Waals surface area contributed by atoms with E-state index in [1.165, 1.54) is 0 Å². The molecule has 0 aliphatic heterocycles. The fourth-order valence-corrected chi connectivity index (χ4v) is 1.53. The lowest BCUT2D eigenvalue weighted by Gasteiger charge is -2.26. The molecule has 0 heterocycles. The van der Waals surface area contributed by atoms with Crippen LogP contribution in [0, 0.1) is 0 Å². The highest BCUT2D eigenvalue weighted by atomic mass is 16.2. The van der Waals surface area contributed by atoms with Crippen LogP contribution in [0.2, 0.25) is 0 Å². The smallest absolute Gasteiger partial charge is 0.237 e. The Hall–Kier alpha value is -0.610. The van der Waals surface area contributed by atoms with E-state index < -0.39 is 0 Å². The number of carbonyl (C=O) groups is 1. The summed E-state index contributed by atoms with van der Waals surface area (Å²) < 4.78 is 0. The summed E-state index contributed by atoms with van der Waals surface area (Å²) in [5.41, 5.74) is -0.131. The Bertz CT molecular complexity index is 230. The first-order valence-corrected chi connectivity index (χ1v) is 7.09. The van der Waals surface area contributed by atoms with Gasteiger partial charge in [0.1, 0.15) is 0 Å². The van der Waals surface area contributed by atoms with Gasteiger partial charge in [-0.3, -0.25) is 4.79 Å². The van der Waals surface area contributed by atoms with Crippen molar-refractivity contribution in [3.63, 3.8) is 0 Å². The highest BCUT2D eigenvalue weighted by Gasteiger charge is 2.21. The summed E-state index contributed by atoms with van der Waals surface area (Å²) in [6, 6.07) is -0.145. The zero-order valence-corrected chi connectivity index (χ0v) is 12.4. The van der Waals surface area contributed by atoms with Crippen molar-refractivity contribution in [2.45, 2.75) is 71.4 Å². The van der Waals surface area contributed by atoms with Gasteiger partial charge in [-0.25, -0.2) is 0 Å². The molecule has 0 aromatic heterocycles. The average Bonchev–Trinajstić information content (AvgIpc) is 2.32. The molecular formula is C14H30N2O2. The number of hydrogen-bond donors (Lipinski definition) is 3. The maximum Gasteiger partial charge on any atom is 0.237 e. The molecule has 0 saturated carbocycles. The van der Waals surface area contributed by atoms with E-state index in [0.717, 1.165) is 38.6 Å². The summed E-state index contributed by atoms with van der Waals surface area (Å²) in [5, 5.41) is 14.9. The summed E-state index contributed by atoms with van der Waals surface area (Å²) in [6.07, 6.45) is 5.01. The van der Waals surface area contributed by atoms with Crippen LogP contribution in [-0.4, -0.2) is 35.7 Å². The lowest BCUT2D eigenvalue weighted by Crippen LogP contribution is -2.50. The van der Waals surface area contributed by atoms with Gasteiger partial charge in [-0.2, -0.15) is 0 Å². The van der Waals surface area contributed by atoms with Gasteiger partial charge in [0.05, 0.1) is 6.04 Å². The number of nitrogens with one attached hydrogen (secondary N) is 2. The van der Waals surface area contributed by atoms with Gasteiger partial charge in [-0.05, 0) is 46.6 Å². The third-order valence-corrected chi connectivity index (χ3v) is 3.27. The third-order valence-electron chi connectivity index (χ3n) is 3.27. The molecule has 0 rings (SSSR count). The predicted octanol–water partition coefficient (Wildman–Crippen LogP) is 1.82. The number of rotatable bonds is 10. The van der Waals surface area contributed by atoms with Crippen LogP contribution in [0.4, 0.5) is 0 Å². The number of aliphatic hydroxyl groups is 1. The number of aliphatic hydroxyl groups excluding tert-OH is 1. The van der Waals surface area contributed by atoms with Crippen molar-refractivity contribution in [3.8, 4) is 0 Å². The molecule has 3 N–H and O–H groups in total. The lowest BCUT2D eigenvalue weighted by atomic mass is 10.0. The van der Waals surface area contributed by atoms with Crippen molar-refractivity contribution < 1.29 is 9.90 Å². The van der Waals surface area contributed by atoms with Crippen LogP contribution in [0.25, 0.3) is 0 Å². The molecule has 0 aromatic rings. The van der Waals surface area contributed by atoms with Crippen LogP contribution < -0.4 is 10.6 Å². The quantitative estimate of drug-likeness (QED) is 0.524. The lowest BCUT2D eigenvalue weighted by molar-refractivity contribution is -0.124. The highest BCUT2D eigenvalue weighted by molar-refractivity contribution is 5.81. The SMILES string of the molecule is CCC(C)(C)NC(=O)C(C)NCCCCCCO. The minimum Gasteiger partial charge on any atom is -0.396 e. The first-order valence-electron chi connectivity index (χ1n) is 7.09. The van der Waals surface area contributed by atoms with Crippen molar-refractivity contribution >= 4 is 5.91 Å².